The SMILES string of the molecule is CN=C(NCCCNC(=O)C1CCC1)NCc1cc(C)ccc1OC(F)F. The van der Waals surface area contributed by atoms with E-state index in [-0.39, 0.29) is 17.6 Å². The number of nitrogens with one attached hydrogen (secondary N) is 3. The van der Waals surface area contributed by atoms with Crippen LogP contribution >= 0.6 is 0 Å². The van der Waals surface area contributed by atoms with Gasteiger partial charge in [-0.15, -0.1) is 0 Å². The molecule has 0 aromatic heterocycles. The molecule has 1 aliphatic rings. The summed E-state index contributed by atoms with van der Waals surface area (Å²) in [5.74, 6) is 1.06. The summed E-state index contributed by atoms with van der Waals surface area (Å²) in [5, 5.41) is 9.17. The lowest BCUT2D eigenvalue weighted by molar-refractivity contribution is -0.127. The molecule has 0 aliphatic heterocycles. The van der Waals surface area contributed by atoms with Crippen LogP contribution in [0.15, 0.2) is 23.2 Å². The van der Waals surface area contributed by atoms with Crippen molar-refractivity contribution in [3.05, 3.63) is 29.3 Å². The zero-order valence-corrected chi connectivity index (χ0v) is 15.9. The van der Waals surface area contributed by atoms with E-state index in [9.17, 15) is 13.6 Å². The van der Waals surface area contributed by atoms with Crippen LogP contribution < -0.4 is 20.7 Å². The highest BCUT2D eigenvalue weighted by molar-refractivity contribution is 5.80. The number of ether oxygens (including phenoxy) is 1. The molecule has 150 valence electrons. The third kappa shape index (κ3) is 7.03. The number of benzene rings is 1. The Kier molecular flexibility index (Phi) is 8.29. The van der Waals surface area contributed by atoms with E-state index in [1.54, 1.807) is 25.2 Å². The standard InChI is InChI=1S/C19H28F2N4O2/c1-13-7-8-16(27-18(20)21)15(11-13)12-25-19(22-2)24-10-4-9-23-17(26)14-5-3-6-14/h7-8,11,14,18H,3-6,9-10,12H2,1-2H3,(H,23,26)(H2,22,24,25). The smallest absolute Gasteiger partial charge is 0.387 e. The summed E-state index contributed by atoms with van der Waals surface area (Å²) in [6, 6.07) is 5.07. The number of nitrogens with zero attached hydrogens (tertiary/aromatic N) is 1. The number of aliphatic imine (C=N–C) groups is 1. The lowest BCUT2D eigenvalue weighted by Gasteiger charge is -2.24. The van der Waals surface area contributed by atoms with Gasteiger partial charge in [0.15, 0.2) is 5.96 Å². The maximum Gasteiger partial charge on any atom is 0.387 e. The van der Waals surface area contributed by atoms with Crippen LogP contribution in [0, 0.1) is 12.8 Å². The minimum Gasteiger partial charge on any atom is -0.434 e. The third-order valence-corrected chi connectivity index (χ3v) is 4.52. The Morgan fingerprint density at radius 1 is 1.26 bits per heavy atom. The molecule has 6 nitrogen and oxygen atoms in total. The van der Waals surface area contributed by atoms with Gasteiger partial charge in [-0.25, -0.2) is 0 Å². The van der Waals surface area contributed by atoms with E-state index in [1.165, 1.54) is 0 Å². The van der Waals surface area contributed by atoms with Gasteiger partial charge in [0, 0.05) is 38.2 Å². The van der Waals surface area contributed by atoms with Gasteiger partial charge in [0.25, 0.3) is 0 Å². The average Bonchev–Trinajstić information content (AvgIpc) is 2.57. The van der Waals surface area contributed by atoms with Crippen LogP contribution in [-0.2, 0) is 11.3 Å². The van der Waals surface area contributed by atoms with E-state index in [2.05, 4.69) is 25.7 Å². The zero-order valence-electron chi connectivity index (χ0n) is 15.9. The molecule has 1 fully saturated rings. The Bertz CT molecular complexity index is 649. The molecule has 1 aromatic carbocycles. The van der Waals surface area contributed by atoms with Gasteiger partial charge in [0.1, 0.15) is 5.75 Å². The monoisotopic (exact) mass is 382 g/mol. The van der Waals surface area contributed by atoms with Gasteiger partial charge < -0.3 is 20.7 Å². The zero-order chi connectivity index (χ0) is 19.6. The number of hydrogen-bond donors (Lipinski definition) is 3. The first kappa shape index (κ1) is 20.9. The Hall–Kier alpha value is -2.38. The molecular formula is C19H28F2N4O2. The van der Waals surface area contributed by atoms with Crippen molar-refractivity contribution in [2.24, 2.45) is 10.9 Å². The molecule has 0 atom stereocenters. The fourth-order valence-corrected chi connectivity index (χ4v) is 2.78. The van der Waals surface area contributed by atoms with E-state index in [0.717, 1.165) is 31.2 Å². The van der Waals surface area contributed by atoms with E-state index >= 15 is 0 Å². The molecule has 0 bridgehead atoms. The molecule has 1 aliphatic carbocycles. The lowest BCUT2D eigenvalue weighted by Crippen LogP contribution is -2.39. The molecule has 0 spiro atoms. The minimum absolute atomic E-state index is 0.148. The molecule has 2 rings (SSSR count). The number of hydrogen-bond acceptors (Lipinski definition) is 3. The highest BCUT2D eigenvalue weighted by Gasteiger charge is 2.24. The summed E-state index contributed by atoms with van der Waals surface area (Å²) >= 11 is 0. The minimum atomic E-state index is -2.86. The highest BCUT2D eigenvalue weighted by atomic mass is 19.3. The Balaban J connectivity index is 1.72. The van der Waals surface area contributed by atoms with Gasteiger partial charge in [-0.2, -0.15) is 8.78 Å². The number of carbonyl (C=O) groups excluding carboxylic acids is 1. The summed E-state index contributed by atoms with van der Waals surface area (Å²) in [5.41, 5.74) is 1.59. The quantitative estimate of drug-likeness (QED) is 0.349. The summed E-state index contributed by atoms with van der Waals surface area (Å²) in [6.07, 6.45) is 3.91. The van der Waals surface area contributed by atoms with Crippen molar-refractivity contribution in [1.29, 1.82) is 0 Å². The number of amides is 1. The van der Waals surface area contributed by atoms with Crippen LogP contribution in [-0.4, -0.2) is 38.6 Å². The van der Waals surface area contributed by atoms with Crippen LogP contribution in [0.25, 0.3) is 0 Å². The van der Waals surface area contributed by atoms with E-state index in [1.807, 2.05) is 6.92 Å². The molecule has 8 heteroatoms. The van der Waals surface area contributed by atoms with E-state index in [0.29, 0.717) is 31.2 Å². The predicted molar refractivity (Wildman–Crippen MR) is 101 cm³/mol. The van der Waals surface area contributed by atoms with Gasteiger partial charge in [0.05, 0.1) is 0 Å². The molecule has 1 saturated carbocycles. The molecule has 0 radical (unpaired) electrons. The lowest BCUT2D eigenvalue weighted by atomic mass is 9.85. The van der Waals surface area contributed by atoms with Crippen molar-refractivity contribution in [2.75, 3.05) is 20.1 Å². The summed E-state index contributed by atoms with van der Waals surface area (Å²) in [4.78, 5) is 15.9. The van der Waals surface area contributed by atoms with Crippen LogP contribution in [0.3, 0.4) is 0 Å². The van der Waals surface area contributed by atoms with Crippen molar-refractivity contribution < 1.29 is 18.3 Å². The molecule has 0 heterocycles. The average molecular weight is 382 g/mol. The second-order valence-corrected chi connectivity index (χ2v) is 6.61. The highest BCUT2D eigenvalue weighted by Crippen LogP contribution is 2.26. The van der Waals surface area contributed by atoms with Crippen molar-refractivity contribution in [3.8, 4) is 5.75 Å². The first-order valence-electron chi connectivity index (χ1n) is 9.26. The summed E-state index contributed by atoms with van der Waals surface area (Å²) in [7, 11) is 1.64. The number of carbonyl (C=O) groups is 1. The maximum atomic E-state index is 12.5. The Morgan fingerprint density at radius 3 is 2.63 bits per heavy atom. The predicted octanol–water partition coefficient (Wildman–Crippen LogP) is 2.57. The molecule has 3 N–H and O–H groups in total. The molecule has 27 heavy (non-hydrogen) atoms. The van der Waals surface area contributed by atoms with Gasteiger partial charge >= 0.3 is 6.61 Å². The summed E-state index contributed by atoms with van der Waals surface area (Å²) in [6.45, 7) is 0.587. The van der Waals surface area contributed by atoms with E-state index in [4.69, 9.17) is 0 Å². The van der Waals surface area contributed by atoms with Crippen LogP contribution in [0.1, 0.15) is 36.8 Å². The molecular weight excluding hydrogens is 354 g/mol. The first-order chi connectivity index (χ1) is 13.0. The number of halogens is 2. The first-order valence-corrected chi connectivity index (χ1v) is 9.26. The second-order valence-electron chi connectivity index (χ2n) is 6.61. The molecule has 1 amide bonds. The van der Waals surface area contributed by atoms with Gasteiger partial charge in [0.2, 0.25) is 5.91 Å². The van der Waals surface area contributed by atoms with Crippen molar-refractivity contribution >= 4 is 11.9 Å². The van der Waals surface area contributed by atoms with Gasteiger partial charge in [-0.1, -0.05) is 24.1 Å². The second kappa shape index (κ2) is 10.7. The molecule has 0 saturated heterocycles. The van der Waals surface area contributed by atoms with Gasteiger partial charge in [-0.3, -0.25) is 9.79 Å². The number of guanidine groups is 1. The van der Waals surface area contributed by atoms with Crippen molar-refractivity contribution in [3.63, 3.8) is 0 Å². The van der Waals surface area contributed by atoms with Crippen LogP contribution in [0.5, 0.6) is 5.75 Å². The fourth-order valence-electron chi connectivity index (χ4n) is 2.78. The normalized spacial score (nSPS) is 14.6. The molecule has 0 unspecified atom stereocenters. The molecule has 1 aromatic rings. The fraction of sp³-hybridized carbons (Fsp3) is 0.579. The maximum absolute atomic E-state index is 12.5. The Labute approximate surface area is 158 Å². The Morgan fingerprint density at radius 2 is 2.00 bits per heavy atom. The number of aryl methyl sites for hydroxylation is 1. The number of rotatable bonds is 9. The van der Waals surface area contributed by atoms with Crippen LogP contribution in [0.2, 0.25) is 0 Å². The number of alkyl halides is 2. The van der Waals surface area contributed by atoms with Crippen LogP contribution in [0.4, 0.5) is 8.78 Å². The van der Waals surface area contributed by atoms with Crippen molar-refractivity contribution in [1.82, 2.24) is 16.0 Å². The third-order valence-electron chi connectivity index (χ3n) is 4.52. The largest absolute Gasteiger partial charge is 0.434 e. The van der Waals surface area contributed by atoms with E-state index < -0.39 is 6.61 Å². The van der Waals surface area contributed by atoms with Gasteiger partial charge in [-0.05, 0) is 32.3 Å². The van der Waals surface area contributed by atoms with Crippen molar-refractivity contribution in [2.45, 2.75) is 45.8 Å². The topological polar surface area (TPSA) is 74.8 Å². The summed E-state index contributed by atoms with van der Waals surface area (Å²) < 4.78 is 29.6.